The molecule has 1 heterocycles. The monoisotopic (exact) mass is 386 g/mol. The molecular weight excluding hydrogens is 366 g/mol. The van der Waals surface area contributed by atoms with Crippen LogP contribution in [0.3, 0.4) is 0 Å². The summed E-state index contributed by atoms with van der Waals surface area (Å²) in [6.45, 7) is -0.00280. The van der Waals surface area contributed by atoms with Gasteiger partial charge < -0.3 is 10.2 Å². The van der Waals surface area contributed by atoms with Crippen molar-refractivity contribution in [1.82, 2.24) is 10.2 Å². The van der Waals surface area contributed by atoms with Crippen LogP contribution in [0, 0.1) is 11.6 Å². The molecule has 1 aromatic carbocycles. The Morgan fingerprint density at radius 1 is 1.15 bits per heavy atom. The zero-order valence-electron chi connectivity index (χ0n) is 14.1. The molecule has 2 aliphatic rings. The fraction of sp³-hybridized carbons (Fsp3) is 0.529. The van der Waals surface area contributed by atoms with E-state index in [0.717, 1.165) is 25.0 Å². The van der Waals surface area contributed by atoms with Crippen LogP contribution >= 0.6 is 0 Å². The number of nitrogens with one attached hydrogen (secondary N) is 1. The number of hydrogen-bond acceptors (Lipinski definition) is 4. The Balaban J connectivity index is 1.55. The maximum absolute atomic E-state index is 13.6. The fourth-order valence-corrected chi connectivity index (χ4v) is 4.95. The number of carbonyl (C=O) groups excluding carboxylic acids is 2. The van der Waals surface area contributed by atoms with Crippen molar-refractivity contribution in [3.63, 3.8) is 0 Å². The maximum Gasteiger partial charge on any atom is 0.254 e. The van der Waals surface area contributed by atoms with Crippen LogP contribution in [0.4, 0.5) is 8.78 Å². The number of halogens is 2. The molecule has 1 unspecified atom stereocenters. The molecule has 3 rings (SSSR count). The molecule has 1 saturated carbocycles. The Morgan fingerprint density at radius 3 is 2.46 bits per heavy atom. The standard InChI is InChI=1S/C17H20F2N2O4S/c18-11-1-4-14(15(19)9-11)17(23)20-7-5-16(22)21(12-2-3-12)13-6-8-26(24,25)10-13/h1,4,9,12-13H,2-3,5-8,10H2,(H,20,23). The number of nitrogens with zero attached hydrogens (tertiary/aromatic N) is 1. The van der Waals surface area contributed by atoms with Gasteiger partial charge >= 0.3 is 0 Å². The van der Waals surface area contributed by atoms with E-state index in [1.54, 1.807) is 4.90 Å². The smallest absolute Gasteiger partial charge is 0.254 e. The van der Waals surface area contributed by atoms with E-state index < -0.39 is 27.4 Å². The van der Waals surface area contributed by atoms with E-state index >= 15 is 0 Å². The van der Waals surface area contributed by atoms with Gasteiger partial charge in [0.15, 0.2) is 9.84 Å². The first-order valence-electron chi connectivity index (χ1n) is 8.52. The SMILES string of the molecule is O=C(NCCC(=O)N(C1CC1)C1CCS(=O)(=O)C1)c1ccc(F)cc1F. The fourth-order valence-electron chi connectivity index (χ4n) is 3.23. The molecule has 0 aromatic heterocycles. The first kappa shape index (κ1) is 18.8. The van der Waals surface area contributed by atoms with Gasteiger partial charge in [-0.15, -0.1) is 0 Å². The van der Waals surface area contributed by atoms with Crippen molar-refractivity contribution < 1.29 is 26.8 Å². The van der Waals surface area contributed by atoms with E-state index in [1.807, 2.05) is 0 Å². The second kappa shape index (κ2) is 7.30. The van der Waals surface area contributed by atoms with E-state index in [2.05, 4.69) is 5.32 Å². The second-order valence-corrected chi connectivity index (χ2v) is 8.95. The molecule has 2 fully saturated rings. The lowest BCUT2D eigenvalue weighted by Crippen LogP contribution is -2.44. The minimum Gasteiger partial charge on any atom is -0.351 e. The van der Waals surface area contributed by atoms with Gasteiger partial charge in [0.05, 0.1) is 17.1 Å². The Morgan fingerprint density at radius 2 is 1.88 bits per heavy atom. The Bertz CT molecular complexity index is 824. The van der Waals surface area contributed by atoms with Gasteiger partial charge in [-0.2, -0.15) is 0 Å². The zero-order chi connectivity index (χ0) is 18.9. The average Bonchev–Trinajstić information content (AvgIpc) is 3.31. The highest BCUT2D eigenvalue weighted by atomic mass is 32.2. The molecule has 1 atom stereocenters. The van der Waals surface area contributed by atoms with Gasteiger partial charge in [0.1, 0.15) is 11.6 Å². The van der Waals surface area contributed by atoms with Gasteiger partial charge in [-0.3, -0.25) is 9.59 Å². The van der Waals surface area contributed by atoms with Crippen molar-refractivity contribution in [1.29, 1.82) is 0 Å². The van der Waals surface area contributed by atoms with Gasteiger partial charge in [0, 0.05) is 31.1 Å². The second-order valence-electron chi connectivity index (χ2n) is 6.72. The molecule has 0 bridgehead atoms. The lowest BCUT2D eigenvalue weighted by atomic mass is 10.2. The third-order valence-corrected chi connectivity index (χ3v) is 6.38. The molecular formula is C17H20F2N2O4S. The van der Waals surface area contributed by atoms with Gasteiger partial charge in [-0.1, -0.05) is 0 Å². The summed E-state index contributed by atoms with van der Waals surface area (Å²) in [7, 11) is -3.09. The summed E-state index contributed by atoms with van der Waals surface area (Å²) >= 11 is 0. The van der Waals surface area contributed by atoms with Crippen LogP contribution in [0.2, 0.25) is 0 Å². The number of carbonyl (C=O) groups is 2. The summed E-state index contributed by atoms with van der Waals surface area (Å²) < 4.78 is 49.8. The van der Waals surface area contributed by atoms with Crippen LogP contribution in [0.15, 0.2) is 18.2 Å². The summed E-state index contributed by atoms with van der Waals surface area (Å²) in [4.78, 5) is 26.1. The van der Waals surface area contributed by atoms with E-state index in [9.17, 15) is 26.8 Å². The van der Waals surface area contributed by atoms with Crippen molar-refractivity contribution in [3.05, 3.63) is 35.4 Å². The molecule has 1 saturated heterocycles. The first-order valence-corrected chi connectivity index (χ1v) is 10.3. The quantitative estimate of drug-likeness (QED) is 0.798. The van der Waals surface area contributed by atoms with Crippen molar-refractivity contribution in [2.45, 2.75) is 37.8 Å². The Labute approximate surface area is 150 Å². The van der Waals surface area contributed by atoms with E-state index in [4.69, 9.17) is 0 Å². The molecule has 0 spiro atoms. The maximum atomic E-state index is 13.6. The van der Waals surface area contributed by atoms with Crippen molar-refractivity contribution in [2.24, 2.45) is 0 Å². The summed E-state index contributed by atoms with van der Waals surface area (Å²) in [6.07, 6.45) is 2.16. The summed E-state index contributed by atoms with van der Waals surface area (Å²) in [6, 6.07) is 2.42. The van der Waals surface area contributed by atoms with Crippen LogP contribution in [-0.2, 0) is 14.6 Å². The van der Waals surface area contributed by atoms with E-state index in [-0.39, 0.29) is 48.0 Å². The van der Waals surface area contributed by atoms with Crippen molar-refractivity contribution >= 4 is 21.7 Å². The lowest BCUT2D eigenvalue weighted by molar-refractivity contribution is -0.133. The highest BCUT2D eigenvalue weighted by Crippen LogP contribution is 2.32. The minimum absolute atomic E-state index is 0.00159. The van der Waals surface area contributed by atoms with Crippen LogP contribution in [-0.4, -0.2) is 55.3 Å². The van der Waals surface area contributed by atoms with Crippen molar-refractivity contribution in [3.8, 4) is 0 Å². The van der Waals surface area contributed by atoms with Crippen LogP contribution in [0.5, 0.6) is 0 Å². The predicted octanol–water partition coefficient (Wildman–Crippen LogP) is 1.26. The molecule has 1 aliphatic heterocycles. The third-order valence-electron chi connectivity index (χ3n) is 4.63. The lowest BCUT2D eigenvalue weighted by Gasteiger charge is -2.28. The predicted molar refractivity (Wildman–Crippen MR) is 90.2 cm³/mol. The first-order chi connectivity index (χ1) is 12.3. The van der Waals surface area contributed by atoms with Crippen LogP contribution in [0.25, 0.3) is 0 Å². The largest absolute Gasteiger partial charge is 0.351 e. The van der Waals surface area contributed by atoms with E-state index in [0.29, 0.717) is 12.5 Å². The van der Waals surface area contributed by atoms with Gasteiger partial charge in [-0.05, 0) is 31.4 Å². The normalized spacial score (nSPS) is 21.4. The molecule has 26 heavy (non-hydrogen) atoms. The molecule has 0 radical (unpaired) electrons. The molecule has 2 amide bonds. The number of benzene rings is 1. The summed E-state index contributed by atoms with van der Waals surface area (Å²) in [5.74, 6) is -2.60. The number of amides is 2. The van der Waals surface area contributed by atoms with Gasteiger partial charge in [0.2, 0.25) is 5.91 Å². The highest BCUT2D eigenvalue weighted by Gasteiger charge is 2.41. The Hall–Kier alpha value is -2.03. The zero-order valence-corrected chi connectivity index (χ0v) is 14.9. The molecule has 142 valence electrons. The average molecular weight is 386 g/mol. The van der Waals surface area contributed by atoms with Gasteiger partial charge in [0.25, 0.3) is 5.91 Å². The molecule has 6 nitrogen and oxygen atoms in total. The number of sulfone groups is 1. The summed E-state index contributed by atoms with van der Waals surface area (Å²) in [5, 5.41) is 2.44. The third kappa shape index (κ3) is 4.38. The number of hydrogen-bond donors (Lipinski definition) is 1. The minimum atomic E-state index is -3.09. The number of rotatable bonds is 6. The van der Waals surface area contributed by atoms with Crippen molar-refractivity contribution in [2.75, 3.05) is 18.1 Å². The van der Waals surface area contributed by atoms with Crippen LogP contribution in [0.1, 0.15) is 36.0 Å². The molecule has 1 N–H and O–H groups in total. The Kier molecular flexibility index (Phi) is 5.27. The highest BCUT2D eigenvalue weighted by molar-refractivity contribution is 7.91. The van der Waals surface area contributed by atoms with Gasteiger partial charge in [-0.25, -0.2) is 17.2 Å². The van der Waals surface area contributed by atoms with Crippen LogP contribution < -0.4 is 5.32 Å². The van der Waals surface area contributed by atoms with E-state index in [1.165, 1.54) is 0 Å². The summed E-state index contributed by atoms with van der Waals surface area (Å²) in [5.41, 5.74) is -0.292. The molecule has 9 heteroatoms. The molecule has 1 aromatic rings. The molecule has 1 aliphatic carbocycles. The topological polar surface area (TPSA) is 83.6 Å².